The van der Waals surface area contributed by atoms with Crippen LogP contribution in [0.1, 0.15) is 21.5 Å². The van der Waals surface area contributed by atoms with Gasteiger partial charge in [-0.25, -0.2) is 0 Å². The molecule has 24 heavy (non-hydrogen) atoms. The van der Waals surface area contributed by atoms with Crippen molar-refractivity contribution in [2.45, 2.75) is 10.6 Å². The van der Waals surface area contributed by atoms with Gasteiger partial charge in [-0.15, -0.1) is 11.8 Å². The molecule has 4 nitrogen and oxygen atoms in total. The van der Waals surface area contributed by atoms with E-state index >= 15 is 0 Å². The van der Waals surface area contributed by atoms with Crippen LogP contribution in [0.4, 0.5) is 0 Å². The van der Waals surface area contributed by atoms with Crippen LogP contribution in [-0.2, 0) is 10.5 Å². The number of rotatable bonds is 4. The summed E-state index contributed by atoms with van der Waals surface area (Å²) < 4.78 is 5.32. The van der Waals surface area contributed by atoms with Crippen molar-refractivity contribution in [3.05, 3.63) is 65.2 Å². The maximum Gasteiger partial charge on any atom is 0.255 e. The summed E-state index contributed by atoms with van der Waals surface area (Å²) in [5, 5.41) is 8.85. The molecule has 0 aromatic heterocycles. The molecule has 1 fully saturated rings. The Morgan fingerprint density at radius 3 is 2.54 bits per heavy atom. The van der Waals surface area contributed by atoms with E-state index in [0.717, 1.165) is 21.8 Å². The lowest BCUT2D eigenvalue weighted by Gasteiger charge is -2.27. The van der Waals surface area contributed by atoms with E-state index in [-0.39, 0.29) is 5.91 Å². The summed E-state index contributed by atoms with van der Waals surface area (Å²) in [4.78, 5) is 15.6. The van der Waals surface area contributed by atoms with Crippen molar-refractivity contribution in [3.63, 3.8) is 0 Å². The van der Waals surface area contributed by atoms with E-state index in [1.807, 2.05) is 53.4 Å². The van der Waals surface area contributed by atoms with Gasteiger partial charge >= 0.3 is 0 Å². The Morgan fingerprint density at radius 1 is 1.12 bits per heavy atom. The zero-order chi connectivity index (χ0) is 16.8. The first-order chi connectivity index (χ1) is 11.8. The lowest BCUT2D eigenvalue weighted by Crippen LogP contribution is -2.40. The third-order valence-electron chi connectivity index (χ3n) is 3.89. The number of hydrogen-bond donors (Lipinski definition) is 0. The molecule has 0 bridgehead atoms. The number of nitrogens with zero attached hydrogens (tertiary/aromatic N) is 2. The summed E-state index contributed by atoms with van der Waals surface area (Å²) in [7, 11) is 0. The van der Waals surface area contributed by atoms with Crippen LogP contribution in [0.2, 0.25) is 0 Å². The van der Waals surface area contributed by atoms with Crippen molar-refractivity contribution in [2.24, 2.45) is 0 Å². The van der Waals surface area contributed by atoms with Gasteiger partial charge < -0.3 is 9.64 Å². The fourth-order valence-electron chi connectivity index (χ4n) is 2.54. The molecule has 2 aromatic carbocycles. The minimum Gasteiger partial charge on any atom is -0.378 e. The van der Waals surface area contributed by atoms with Gasteiger partial charge in [-0.3, -0.25) is 4.79 Å². The number of nitriles is 1. The number of ether oxygens (including phenoxy) is 1. The van der Waals surface area contributed by atoms with E-state index in [9.17, 15) is 4.79 Å². The second kappa shape index (κ2) is 8.00. The molecular formula is C19H18N2O2S. The molecule has 2 aromatic rings. The Kier molecular flexibility index (Phi) is 5.52. The fourth-order valence-corrected chi connectivity index (χ4v) is 3.54. The molecular weight excluding hydrogens is 320 g/mol. The first-order valence-electron chi connectivity index (χ1n) is 7.86. The van der Waals surface area contributed by atoms with E-state index in [1.165, 1.54) is 0 Å². The topological polar surface area (TPSA) is 53.3 Å². The van der Waals surface area contributed by atoms with Crippen LogP contribution in [0.5, 0.6) is 0 Å². The molecule has 122 valence electrons. The number of carbonyl (C=O) groups excluding carboxylic acids is 1. The summed E-state index contributed by atoms with van der Waals surface area (Å²) in [5.74, 6) is 0.834. The number of carbonyl (C=O) groups is 1. The average Bonchev–Trinajstić information content (AvgIpc) is 2.67. The monoisotopic (exact) mass is 338 g/mol. The summed E-state index contributed by atoms with van der Waals surface area (Å²) in [6.45, 7) is 2.50. The highest BCUT2D eigenvalue weighted by Gasteiger charge is 2.20. The molecule has 1 heterocycles. The van der Waals surface area contributed by atoms with Crippen molar-refractivity contribution >= 4 is 17.7 Å². The van der Waals surface area contributed by atoms with Crippen LogP contribution in [0.15, 0.2) is 53.4 Å². The van der Waals surface area contributed by atoms with E-state index in [0.29, 0.717) is 31.9 Å². The van der Waals surface area contributed by atoms with Gasteiger partial charge in [0, 0.05) is 23.7 Å². The van der Waals surface area contributed by atoms with Crippen LogP contribution in [0.25, 0.3) is 0 Å². The van der Waals surface area contributed by atoms with Crippen molar-refractivity contribution in [1.29, 1.82) is 5.26 Å². The standard InChI is InChI=1S/C19H18N2O2S/c20-13-15-5-7-16(8-6-15)14-24-18-4-2-1-3-17(18)19(22)21-9-11-23-12-10-21/h1-8H,9-12,14H2. The van der Waals surface area contributed by atoms with Crippen LogP contribution >= 0.6 is 11.8 Å². The summed E-state index contributed by atoms with van der Waals surface area (Å²) >= 11 is 1.64. The lowest BCUT2D eigenvalue weighted by atomic mass is 10.2. The third kappa shape index (κ3) is 3.97. The van der Waals surface area contributed by atoms with E-state index < -0.39 is 0 Å². The Labute approximate surface area is 146 Å². The molecule has 0 radical (unpaired) electrons. The SMILES string of the molecule is N#Cc1ccc(CSc2ccccc2C(=O)N2CCOCC2)cc1. The number of benzene rings is 2. The van der Waals surface area contributed by atoms with Gasteiger partial charge in [0.15, 0.2) is 0 Å². The van der Waals surface area contributed by atoms with Crippen molar-refractivity contribution in [3.8, 4) is 6.07 Å². The molecule has 0 N–H and O–H groups in total. The zero-order valence-electron chi connectivity index (χ0n) is 13.3. The largest absolute Gasteiger partial charge is 0.378 e. The van der Waals surface area contributed by atoms with Gasteiger partial charge in [-0.1, -0.05) is 24.3 Å². The van der Waals surface area contributed by atoms with E-state index in [2.05, 4.69) is 6.07 Å². The molecule has 1 amide bonds. The zero-order valence-corrected chi connectivity index (χ0v) is 14.1. The summed E-state index contributed by atoms with van der Waals surface area (Å²) in [6, 6.07) is 17.4. The van der Waals surface area contributed by atoms with Gasteiger partial charge in [-0.2, -0.15) is 5.26 Å². The predicted molar refractivity (Wildman–Crippen MR) is 93.9 cm³/mol. The molecule has 3 rings (SSSR count). The van der Waals surface area contributed by atoms with Crippen molar-refractivity contribution in [1.82, 2.24) is 4.90 Å². The highest BCUT2D eigenvalue weighted by molar-refractivity contribution is 7.98. The lowest BCUT2D eigenvalue weighted by molar-refractivity contribution is 0.0300. The first-order valence-corrected chi connectivity index (χ1v) is 8.84. The number of morpholine rings is 1. The molecule has 0 spiro atoms. The predicted octanol–water partition coefficient (Wildman–Crippen LogP) is 3.32. The van der Waals surface area contributed by atoms with Gasteiger partial charge in [0.25, 0.3) is 5.91 Å². The molecule has 1 saturated heterocycles. The molecule has 0 unspecified atom stereocenters. The minimum absolute atomic E-state index is 0.0706. The second-order valence-electron chi connectivity index (χ2n) is 5.50. The van der Waals surface area contributed by atoms with Crippen LogP contribution < -0.4 is 0 Å². The molecule has 1 aliphatic heterocycles. The van der Waals surface area contributed by atoms with Crippen molar-refractivity contribution < 1.29 is 9.53 Å². The van der Waals surface area contributed by atoms with Gasteiger partial charge in [0.2, 0.25) is 0 Å². The first kappa shape index (κ1) is 16.6. The van der Waals surface area contributed by atoms with Crippen molar-refractivity contribution in [2.75, 3.05) is 26.3 Å². The maximum absolute atomic E-state index is 12.7. The number of thioether (sulfide) groups is 1. The normalized spacial score (nSPS) is 14.2. The van der Waals surface area contributed by atoms with Gasteiger partial charge in [0.1, 0.15) is 0 Å². The maximum atomic E-state index is 12.7. The van der Waals surface area contributed by atoms with Crippen LogP contribution in [0.3, 0.4) is 0 Å². The fraction of sp³-hybridized carbons (Fsp3) is 0.263. The summed E-state index contributed by atoms with van der Waals surface area (Å²) in [5.41, 5.74) is 2.54. The number of amides is 1. The van der Waals surface area contributed by atoms with E-state index in [4.69, 9.17) is 10.00 Å². The van der Waals surface area contributed by atoms with Crippen LogP contribution in [0, 0.1) is 11.3 Å². The highest BCUT2D eigenvalue weighted by atomic mass is 32.2. The quantitative estimate of drug-likeness (QED) is 0.803. The second-order valence-corrected chi connectivity index (χ2v) is 6.52. The molecule has 5 heteroatoms. The third-order valence-corrected chi connectivity index (χ3v) is 5.04. The Balaban J connectivity index is 1.71. The smallest absolute Gasteiger partial charge is 0.255 e. The molecule has 0 aliphatic carbocycles. The summed E-state index contributed by atoms with van der Waals surface area (Å²) in [6.07, 6.45) is 0. The minimum atomic E-state index is 0.0706. The Bertz CT molecular complexity index is 747. The Hall–Kier alpha value is -2.29. The van der Waals surface area contributed by atoms with Gasteiger partial charge in [-0.05, 0) is 29.8 Å². The van der Waals surface area contributed by atoms with E-state index in [1.54, 1.807) is 11.8 Å². The molecule has 0 atom stereocenters. The molecule has 0 saturated carbocycles. The van der Waals surface area contributed by atoms with Crippen LogP contribution in [-0.4, -0.2) is 37.1 Å². The Morgan fingerprint density at radius 2 is 1.83 bits per heavy atom. The van der Waals surface area contributed by atoms with Gasteiger partial charge in [0.05, 0.1) is 30.4 Å². The number of hydrogen-bond acceptors (Lipinski definition) is 4. The molecule has 1 aliphatic rings. The highest BCUT2D eigenvalue weighted by Crippen LogP contribution is 2.27. The average molecular weight is 338 g/mol.